The van der Waals surface area contributed by atoms with Crippen LogP contribution in [0.5, 0.6) is 0 Å². The van der Waals surface area contributed by atoms with E-state index in [1.165, 1.54) is 6.07 Å². The summed E-state index contributed by atoms with van der Waals surface area (Å²) < 4.78 is 40.9. The quantitative estimate of drug-likeness (QED) is 0.896. The van der Waals surface area contributed by atoms with Crippen LogP contribution < -0.4 is 10.2 Å². The number of halogens is 3. The Morgan fingerprint density at radius 3 is 2.70 bits per heavy atom. The van der Waals surface area contributed by atoms with Crippen molar-refractivity contribution in [2.24, 2.45) is 5.92 Å². The molecule has 0 spiro atoms. The summed E-state index contributed by atoms with van der Waals surface area (Å²) in [6.07, 6.45) is -1.78. The SMILES string of the molecule is CC(C)CCc1cc2c(c(C(F)(F)F)c1)N(C)[C@H]1CCNCC21. The van der Waals surface area contributed by atoms with Crippen molar-refractivity contribution in [2.75, 3.05) is 25.0 Å². The molecule has 2 aliphatic rings. The normalized spacial score (nSPS) is 24.0. The minimum atomic E-state index is -4.30. The third-order valence-electron chi connectivity index (χ3n) is 5.21. The highest BCUT2D eigenvalue weighted by Gasteiger charge is 2.44. The number of aryl methyl sites for hydroxylation is 1. The van der Waals surface area contributed by atoms with Crippen LogP contribution in [0.4, 0.5) is 18.9 Å². The van der Waals surface area contributed by atoms with Crippen LogP contribution in [0.3, 0.4) is 0 Å². The number of alkyl halides is 3. The van der Waals surface area contributed by atoms with Gasteiger partial charge in [-0.25, -0.2) is 0 Å². The number of likely N-dealkylation sites (N-methyl/N-ethyl adjacent to an activating group) is 1. The van der Waals surface area contributed by atoms with Crippen LogP contribution in [0.2, 0.25) is 0 Å². The van der Waals surface area contributed by atoms with Crippen molar-refractivity contribution in [2.45, 2.75) is 51.2 Å². The molecule has 1 saturated heterocycles. The molecule has 1 unspecified atom stereocenters. The molecule has 1 aromatic carbocycles. The summed E-state index contributed by atoms with van der Waals surface area (Å²) in [5.74, 6) is 0.660. The molecular formula is C18H25F3N2. The van der Waals surface area contributed by atoms with Gasteiger partial charge in [0, 0.05) is 25.6 Å². The Labute approximate surface area is 136 Å². The average Bonchev–Trinajstić information content (AvgIpc) is 2.77. The van der Waals surface area contributed by atoms with Crippen LogP contribution in [-0.4, -0.2) is 26.2 Å². The van der Waals surface area contributed by atoms with E-state index in [-0.39, 0.29) is 12.0 Å². The predicted molar refractivity (Wildman–Crippen MR) is 87.0 cm³/mol. The van der Waals surface area contributed by atoms with Gasteiger partial charge in [0.25, 0.3) is 0 Å². The smallest absolute Gasteiger partial charge is 0.370 e. The van der Waals surface area contributed by atoms with E-state index in [0.29, 0.717) is 18.0 Å². The Kier molecular flexibility index (Phi) is 4.34. The van der Waals surface area contributed by atoms with Crippen molar-refractivity contribution >= 4 is 5.69 Å². The fraction of sp³-hybridized carbons (Fsp3) is 0.667. The largest absolute Gasteiger partial charge is 0.418 e. The van der Waals surface area contributed by atoms with Crippen LogP contribution in [0, 0.1) is 5.92 Å². The first-order chi connectivity index (χ1) is 10.8. The summed E-state index contributed by atoms with van der Waals surface area (Å²) in [4.78, 5) is 1.87. The van der Waals surface area contributed by atoms with Gasteiger partial charge in [-0.2, -0.15) is 13.2 Å². The minimum absolute atomic E-state index is 0.170. The molecule has 0 bridgehead atoms. The molecule has 0 amide bonds. The highest BCUT2D eigenvalue weighted by molar-refractivity contribution is 5.68. The molecular weight excluding hydrogens is 301 g/mol. The van der Waals surface area contributed by atoms with E-state index in [0.717, 1.165) is 37.1 Å². The van der Waals surface area contributed by atoms with E-state index in [2.05, 4.69) is 19.2 Å². The lowest BCUT2D eigenvalue weighted by atomic mass is 9.88. The highest BCUT2D eigenvalue weighted by Crippen LogP contribution is 2.49. The van der Waals surface area contributed by atoms with E-state index >= 15 is 0 Å². The van der Waals surface area contributed by atoms with Gasteiger partial charge in [-0.05, 0) is 48.9 Å². The zero-order valence-corrected chi connectivity index (χ0v) is 14.0. The fourth-order valence-corrected chi connectivity index (χ4v) is 4.00. The average molecular weight is 326 g/mol. The van der Waals surface area contributed by atoms with Gasteiger partial charge in [0.15, 0.2) is 0 Å². The maximum absolute atomic E-state index is 13.6. The molecule has 0 aliphatic carbocycles. The maximum atomic E-state index is 13.6. The molecule has 2 aliphatic heterocycles. The lowest BCUT2D eigenvalue weighted by Gasteiger charge is -2.31. The standard InChI is InChI=1S/C18H25F3N2/c1-11(2)4-5-12-8-13-14-10-22-7-6-16(14)23(3)17(13)15(9-12)18(19,20)21/h8-9,11,14,16,22H,4-7,10H2,1-3H3/t14?,16-/m0/s1. The van der Waals surface area contributed by atoms with Crippen molar-refractivity contribution in [3.05, 3.63) is 28.8 Å². The molecule has 128 valence electrons. The first-order valence-electron chi connectivity index (χ1n) is 8.46. The maximum Gasteiger partial charge on any atom is 0.418 e. The molecule has 0 aromatic heterocycles. The first kappa shape index (κ1) is 16.6. The van der Waals surface area contributed by atoms with Crippen LogP contribution in [0.25, 0.3) is 0 Å². The Morgan fingerprint density at radius 1 is 1.30 bits per heavy atom. The molecule has 0 radical (unpaired) electrons. The Hall–Kier alpha value is -1.23. The van der Waals surface area contributed by atoms with Crippen molar-refractivity contribution in [3.8, 4) is 0 Å². The van der Waals surface area contributed by atoms with Gasteiger partial charge in [-0.15, -0.1) is 0 Å². The second-order valence-electron chi connectivity index (χ2n) is 7.29. The molecule has 1 aromatic rings. The third kappa shape index (κ3) is 3.08. The van der Waals surface area contributed by atoms with E-state index in [1.807, 2.05) is 18.0 Å². The molecule has 5 heteroatoms. The summed E-state index contributed by atoms with van der Waals surface area (Å²) in [7, 11) is 1.82. The lowest BCUT2D eigenvalue weighted by molar-refractivity contribution is -0.137. The summed E-state index contributed by atoms with van der Waals surface area (Å²) in [6, 6.07) is 3.59. The topological polar surface area (TPSA) is 15.3 Å². The second kappa shape index (κ2) is 6.00. The van der Waals surface area contributed by atoms with Crippen molar-refractivity contribution in [1.82, 2.24) is 5.32 Å². The third-order valence-corrected chi connectivity index (χ3v) is 5.21. The van der Waals surface area contributed by atoms with Gasteiger partial charge in [0.2, 0.25) is 0 Å². The van der Waals surface area contributed by atoms with Crippen LogP contribution in [0.15, 0.2) is 12.1 Å². The van der Waals surface area contributed by atoms with Crippen LogP contribution >= 0.6 is 0 Å². The van der Waals surface area contributed by atoms with Gasteiger partial charge >= 0.3 is 6.18 Å². The van der Waals surface area contributed by atoms with Crippen LogP contribution in [-0.2, 0) is 12.6 Å². The second-order valence-corrected chi connectivity index (χ2v) is 7.29. The van der Waals surface area contributed by atoms with E-state index in [4.69, 9.17) is 0 Å². The highest BCUT2D eigenvalue weighted by atomic mass is 19.4. The molecule has 2 heterocycles. The van der Waals surface area contributed by atoms with Crippen molar-refractivity contribution < 1.29 is 13.2 Å². The summed E-state index contributed by atoms with van der Waals surface area (Å²) in [5.41, 5.74) is 1.66. The number of hydrogen-bond donors (Lipinski definition) is 1. The number of rotatable bonds is 3. The zero-order valence-electron chi connectivity index (χ0n) is 14.0. The number of anilines is 1. The minimum Gasteiger partial charge on any atom is -0.370 e. The number of nitrogens with zero attached hydrogens (tertiary/aromatic N) is 1. The van der Waals surface area contributed by atoms with Gasteiger partial charge in [0.1, 0.15) is 0 Å². The fourth-order valence-electron chi connectivity index (χ4n) is 4.00. The molecule has 3 rings (SSSR count). The Bertz CT molecular complexity index is 580. The lowest BCUT2D eigenvalue weighted by Crippen LogP contribution is -2.42. The van der Waals surface area contributed by atoms with E-state index < -0.39 is 11.7 Å². The monoisotopic (exact) mass is 326 g/mol. The van der Waals surface area contributed by atoms with Crippen molar-refractivity contribution in [3.63, 3.8) is 0 Å². The Morgan fingerprint density at radius 2 is 2.04 bits per heavy atom. The summed E-state index contributed by atoms with van der Waals surface area (Å²) >= 11 is 0. The molecule has 2 nitrogen and oxygen atoms in total. The summed E-state index contributed by atoms with van der Waals surface area (Å²) in [5, 5.41) is 3.34. The van der Waals surface area contributed by atoms with Crippen LogP contribution in [0.1, 0.15) is 49.3 Å². The molecule has 0 saturated carbocycles. The Balaban J connectivity index is 2.06. The van der Waals surface area contributed by atoms with Gasteiger partial charge in [-0.3, -0.25) is 0 Å². The summed E-state index contributed by atoms with van der Waals surface area (Å²) in [6.45, 7) is 5.85. The zero-order chi connectivity index (χ0) is 16.8. The number of fused-ring (bicyclic) bond motifs is 3. The first-order valence-corrected chi connectivity index (χ1v) is 8.46. The molecule has 2 atom stereocenters. The molecule has 23 heavy (non-hydrogen) atoms. The number of nitrogens with one attached hydrogen (secondary N) is 1. The van der Waals surface area contributed by atoms with Gasteiger partial charge < -0.3 is 10.2 Å². The van der Waals surface area contributed by atoms with E-state index in [9.17, 15) is 13.2 Å². The molecule has 1 fully saturated rings. The number of benzene rings is 1. The van der Waals surface area contributed by atoms with Gasteiger partial charge in [0.05, 0.1) is 11.3 Å². The molecule has 1 N–H and O–H groups in total. The number of piperidine rings is 1. The number of hydrogen-bond acceptors (Lipinski definition) is 2. The van der Waals surface area contributed by atoms with Gasteiger partial charge in [-0.1, -0.05) is 19.9 Å². The van der Waals surface area contributed by atoms with Crippen molar-refractivity contribution in [1.29, 1.82) is 0 Å². The van der Waals surface area contributed by atoms with E-state index in [1.54, 1.807) is 0 Å². The predicted octanol–water partition coefficient (Wildman–Crippen LogP) is 4.19.